The number of rotatable bonds is 2. The largest absolute Gasteiger partial charge is 0.240 e. The zero-order valence-corrected chi connectivity index (χ0v) is 7.57. The summed E-state index contributed by atoms with van der Waals surface area (Å²) in [5.41, 5.74) is 2.43. The van der Waals surface area contributed by atoms with Crippen molar-refractivity contribution < 1.29 is 0 Å². The molecule has 2 nitrogen and oxygen atoms in total. The first-order chi connectivity index (χ1) is 6.40. The van der Waals surface area contributed by atoms with Crippen LogP contribution in [-0.4, -0.2) is 9.78 Å². The van der Waals surface area contributed by atoms with Gasteiger partial charge in [0.15, 0.2) is 0 Å². The maximum Gasteiger partial charge on any atom is 0.0645 e. The summed E-state index contributed by atoms with van der Waals surface area (Å²) >= 11 is 0. The van der Waals surface area contributed by atoms with Crippen LogP contribution in [0.4, 0.5) is 0 Å². The van der Waals surface area contributed by atoms with Crippen molar-refractivity contribution in [2.75, 3.05) is 0 Å². The predicted octanol–water partition coefficient (Wildman–Crippen LogP) is 2.23. The molecule has 0 atom stereocenters. The molecule has 2 heteroatoms. The van der Waals surface area contributed by atoms with E-state index in [0.717, 1.165) is 12.1 Å². The second kappa shape index (κ2) is 3.44. The van der Waals surface area contributed by atoms with Gasteiger partial charge >= 0.3 is 0 Å². The van der Waals surface area contributed by atoms with Gasteiger partial charge in [-0.25, -0.2) is 4.68 Å². The molecule has 0 bridgehead atoms. The molecule has 0 N–H and O–H groups in total. The SMILES string of the molecule is CCc1ccc(-n2c[c]cn2)cc1. The molecular formula is C11H11N2. The van der Waals surface area contributed by atoms with Crippen molar-refractivity contribution >= 4 is 0 Å². The Morgan fingerprint density at radius 2 is 2.08 bits per heavy atom. The van der Waals surface area contributed by atoms with Crippen LogP contribution in [0.3, 0.4) is 0 Å². The van der Waals surface area contributed by atoms with E-state index in [1.807, 2.05) is 6.20 Å². The van der Waals surface area contributed by atoms with Crippen molar-refractivity contribution in [1.82, 2.24) is 9.78 Å². The van der Waals surface area contributed by atoms with Crippen LogP contribution in [0.1, 0.15) is 12.5 Å². The molecule has 0 fully saturated rings. The Morgan fingerprint density at radius 1 is 1.31 bits per heavy atom. The third-order valence-electron chi connectivity index (χ3n) is 2.06. The van der Waals surface area contributed by atoms with Crippen LogP contribution >= 0.6 is 0 Å². The number of aromatic nitrogens is 2. The average molecular weight is 171 g/mol. The van der Waals surface area contributed by atoms with E-state index in [-0.39, 0.29) is 0 Å². The standard InChI is InChI=1S/C11H11N2/c1-2-10-4-6-11(7-5-10)13-9-3-8-12-13/h4-9H,2H2,1H3. The summed E-state index contributed by atoms with van der Waals surface area (Å²) in [6, 6.07) is 11.3. The minimum Gasteiger partial charge on any atom is -0.240 e. The Kier molecular flexibility index (Phi) is 2.13. The molecule has 0 amide bonds. The summed E-state index contributed by atoms with van der Waals surface area (Å²) in [4.78, 5) is 0. The predicted molar refractivity (Wildman–Crippen MR) is 51.8 cm³/mol. The first-order valence-corrected chi connectivity index (χ1v) is 4.40. The number of nitrogens with zero attached hydrogens (tertiary/aromatic N) is 2. The highest BCUT2D eigenvalue weighted by Crippen LogP contribution is 2.08. The normalized spacial score (nSPS) is 10.2. The van der Waals surface area contributed by atoms with Gasteiger partial charge in [-0.1, -0.05) is 19.1 Å². The summed E-state index contributed by atoms with van der Waals surface area (Å²) in [7, 11) is 0. The van der Waals surface area contributed by atoms with Gasteiger partial charge in [0.05, 0.1) is 11.9 Å². The Morgan fingerprint density at radius 3 is 2.62 bits per heavy atom. The fourth-order valence-electron chi connectivity index (χ4n) is 1.26. The lowest BCUT2D eigenvalue weighted by Gasteiger charge is -2.01. The van der Waals surface area contributed by atoms with Gasteiger partial charge in [-0.3, -0.25) is 0 Å². The van der Waals surface area contributed by atoms with Crippen molar-refractivity contribution in [3.8, 4) is 5.69 Å². The smallest absolute Gasteiger partial charge is 0.0645 e. The van der Waals surface area contributed by atoms with Crippen LogP contribution in [-0.2, 0) is 6.42 Å². The van der Waals surface area contributed by atoms with Gasteiger partial charge in [-0.05, 0) is 24.1 Å². The van der Waals surface area contributed by atoms with Gasteiger partial charge < -0.3 is 0 Å². The molecule has 0 saturated heterocycles. The van der Waals surface area contributed by atoms with E-state index in [2.05, 4.69) is 42.4 Å². The van der Waals surface area contributed by atoms with Crippen LogP contribution in [0, 0.1) is 6.07 Å². The van der Waals surface area contributed by atoms with E-state index in [4.69, 9.17) is 0 Å². The van der Waals surface area contributed by atoms with Crippen molar-refractivity contribution in [1.29, 1.82) is 0 Å². The highest BCUT2D eigenvalue weighted by molar-refractivity contribution is 5.33. The lowest BCUT2D eigenvalue weighted by atomic mass is 10.1. The van der Waals surface area contributed by atoms with Crippen molar-refractivity contribution in [3.63, 3.8) is 0 Å². The highest BCUT2D eigenvalue weighted by atomic mass is 15.3. The Hall–Kier alpha value is -1.57. The highest BCUT2D eigenvalue weighted by Gasteiger charge is 1.94. The molecule has 0 aliphatic heterocycles. The molecule has 13 heavy (non-hydrogen) atoms. The van der Waals surface area contributed by atoms with Crippen molar-refractivity contribution in [2.45, 2.75) is 13.3 Å². The van der Waals surface area contributed by atoms with Crippen LogP contribution in [0.15, 0.2) is 36.7 Å². The van der Waals surface area contributed by atoms with Gasteiger partial charge in [0.2, 0.25) is 0 Å². The van der Waals surface area contributed by atoms with Crippen LogP contribution in [0.25, 0.3) is 5.69 Å². The second-order valence-electron chi connectivity index (χ2n) is 2.90. The molecule has 65 valence electrons. The first kappa shape index (κ1) is 8.05. The van der Waals surface area contributed by atoms with Gasteiger partial charge in [0, 0.05) is 12.3 Å². The maximum absolute atomic E-state index is 4.10. The zero-order valence-electron chi connectivity index (χ0n) is 7.57. The van der Waals surface area contributed by atoms with E-state index in [9.17, 15) is 0 Å². The van der Waals surface area contributed by atoms with E-state index >= 15 is 0 Å². The molecule has 0 aliphatic rings. The van der Waals surface area contributed by atoms with Crippen molar-refractivity contribution in [3.05, 3.63) is 48.3 Å². The Labute approximate surface area is 77.8 Å². The Bertz CT molecular complexity index is 359. The number of benzene rings is 1. The fourth-order valence-corrected chi connectivity index (χ4v) is 1.26. The molecule has 0 spiro atoms. The second-order valence-corrected chi connectivity index (χ2v) is 2.90. The molecular weight excluding hydrogens is 160 g/mol. The van der Waals surface area contributed by atoms with Gasteiger partial charge in [-0.15, -0.1) is 0 Å². The Balaban J connectivity index is 2.33. The molecule has 1 aromatic carbocycles. The first-order valence-electron chi connectivity index (χ1n) is 4.40. The summed E-state index contributed by atoms with van der Waals surface area (Å²) in [6.07, 6.45) is 4.56. The van der Waals surface area contributed by atoms with E-state index in [1.165, 1.54) is 5.56 Å². The molecule has 2 rings (SSSR count). The fraction of sp³-hybridized carbons (Fsp3) is 0.182. The number of aryl methyl sites for hydroxylation is 1. The lowest BCUT2D eigenvalue weighted by molar-refractivity contribution is 0.879. The van der Waals surface area contributed by atoms with Gasteiger partial charge in [-0.2, -0.15) is 5.10 Å². The van der Waals surface area contributed by atoms with E-state index in [0.29, 0.717) is 0 Å². The van der Waals surface area contributed by atoms with E-state index in [1.54, 1.807) is 10.9 Å². The maximum atomic E-state index is 4.10. The molecule has 1 heterocycles. The number of hydrogen-bond donors (Lipinski definition) is 0. The third kappa shape index (κ3) is 1.61. The molecule has 1 radical (unpaired) electrons. The molecule has 0 unspecified atom stereocenters. The van der Waals surface area contributed by atoms with Gasteiger partial charge in [0.25, 0.3) is 0 Å². The quantitative estimate of drug-likeness (QED) is 0.677. The topological polar surface area (TPSA) is 17.8 Å². The number of hydrogen-bond acceptors (Lipinski definition) is 1. The molecule has 0 aliphatic carbocycles. The third-order valence-corrected chi connectivity index (χ3v) is 2.06. The summed E-state index contributed by atoms with van der Waals surface area (Å²) in [5, 5.41) is 4.10. The summed E-state index contributed by atoms with van der Waals surface area (Å²) in [6.45, 7) is 2.15. The summed E-state index contributed by atoms with van der Waals surface area (Å²) in [5.74, 6) is 0. The van der Waals surface area contributed by atoms with Crippen LogP contribution < -0.4 is 0 Å². The molecule has 2 aromatic rings. The van der Waals surface area contributed by atoms with E-state index < -0.39 is 0 Å². The molecule has 1 aromatic heterocycles. The average Bonchev–Trinajstić information content (AvgIpc) is 2.71. The lowest BCUT2D eigenvalue weighted by Crippen LogP contribution is -1.93. The zero-order chi connectivity index (χ0) is 9.10. The van der Waals surface area contributed by atoms with Crippen LogP contribution in [0.5, 0.6) is 0 Å². The minimum absolute atomic E-state index is 1.07. The van der Waals surface area contributed by atoms with Gasteiger partial charge in [0.1, 0.15) is 0 Å². The van der Waals surface area contributed by atoms with Crippen LogP contribution in [0.2, 0.25) is 0 Å². The molecule has 0 saturated carbocycles. The monoisotopic (exact) mass is 171 g/mol. The van der Waals surface area contributed by atoms with Crippen molar-refractivity contribution in [2.24, 2.45) is 0 Å². The summed E-state index contributed by atoms with van der Waals surface area (Å²) < 4.78 is 1.80. The minimum atomic E-state index is 1.07.